The molecule has 8 heteroatoms. The molecular weight excluding hydrogens is 404 g/mol. The highest BCUT2D eigenvalue weighted by atomic mass is 16.3. The highest BCUT2D eigenvalue weighted by molar-refractivity contribution is 5.82. The van der Waals surface area contributed by atoms with Gasteiger partial charge in [0.05, 0.1) is 41.9 Å². The Morgan fingerprint density at radius 3 is 2.84 bits per heavy atom. The molecule has 0 unspecified atom stereocenters. The van der Waals surface area contributed by atoms with E-state index >= 15 is 0 Å². The van der Waals surface area contributed by atoms with Gasteiger partial charge in [-0.15, -0.1) is 0 Å². The lowest BCUT2D eigenvalue weighted by Gasteiger charge is -2.07. The van der Waals surface area contributed by atoms with E-state index in [1.54, 1.807) is 24.8 Å². The minimum absolute atomic E-state index is 0.101. The summed E-state index contributed by atoms with van der Waals surface area (Å²) in [6.07, 6.45) is 8.62. The van der Waals surface area contributed by atoms with Crippen LogP contribution in [0.25, 0.3) is 28.0 Å². The van der Waals surface area contributed by atoms with Crippen molar-refractivity contribution in [2.45, 2.75) is 19.9 Å². The molecule has 32 heavy (non-hydrogen) atoms. The predicted octanol–water partition coefficient (Wildman–Crippen LogP) is 3.64. The van der Waals surface area contributed by atoms with Crippen molar-refractivity contribution in [3.8, 4) is 17.1 Å². The van der Waals surface area contributed by atoms with Gasteiger partial charge in [0.15, 0.2) is 0 Å². The minimum Gasteiger partial charge on any atom is -0.445 e. The fraction of sp³-hybridized carbons (Fsp3) is 0.125. The third kappa shape index (κ3) is 4.11. The summed E-state index contributed by atoms with van der Waals surface area (Å²) < 4.78 is 7.15. The number of amides is 1. The number of hydrogen-bond acceptors (Lipinski definition) is 6. The summed E-state index contributed by atoms with van der Waals surface area (Å²) in [7, 11) is 0. The van der Waals surface area contributed by atoms with E-state index in [2.05, 4.69) is 25.4 Å². The molecule has 5 rings (SSSR count). The quantitative estimate of drug-likeness (QED) is 0.447. The molecular formula is C24H20N6O2. The number of benzene rings is 1. The first-order valence-corrected chi connectivity index (χ1v) is 10.2. The van der Waals surface area contributed by atoms with E-state index in [4.69, 9.17) is 4.42 Å². The second-order valence-electron chi connectivity index (χ2n) is 7.44. The molecule has 1 N–H and O–H groups in total. The second-order valence-corrected chi connectivity index (χ2v) is 7.44. The smallest absolute Gasteiger partial charge is 0.226 e. The average Bonchev–Trinajstić information content (AvgIpc) is 3.48. The number of oxazole rings is 1. The first kappa shape index (κ1) is 19.6. The van der Waals surface area contributed by atoms with Gasteiger partial charge in [-0.3, -0.25) is 14.8 Å². The van der Waals surface area contributed by atoms with Gasteiger partial charge in [-0.25, -0.2) is 9.67 Å². The number of aryl methyl sites for hydroxylation is 1. The summed E-state index contributed by atoms with van der Waals surface area (Å²) in [5.41, 5.74) is 5.24. The Labute approximate surface area is 184 Å². The van der Waals surface area contributed by atoms with Crippen LogP contribution in [0, 0.1) is 6.92 Å². The van der Waals surface area contributed by atoms with Crippen LogP contribution in [0.5, 0.6) is 0 Å². The number of fused-ring (bicyclic) bond motifs is 1. The maximum absolute atomic E-state index is 12.5. The van der Waals surface area contributed by atoms with E-state index in [9.17, 15) is 4.79 Å². The number of carbonyl (C=O) groups excluding carboxylic acids is 1. The van der Waals surface area contributed by atoms with E-state index in [1.165, 1.54) is 6.26 Å². The maximum Gasteiger partial charge on any atom is 0.226 e. The highest BCUT2D eigenvalue weighted by Crippen LogP contribution is 2.20. The SMILES string of the molecule is Cc1cc(-n2ncc3cc(CC(=O)NCc4cccc(-c5ncco5)c4)ncc32)ccn1. The van der Waals surface area contributed by atoms with Gasteiger partial charge in [-0.05, 0) is 42.8 Å². The summed E-state index contributed by atoms with van der Waals surface area (Å²) in [5.74, 6) is 0.452. The Morgan fingerprint density at radius 2 is 2.00 bits per heavy atom. The number of nitrogens with zero attached hydrogens (tertiary/aromatic N) is 5. The van der Waals surface area contributed by atoms with Crippen LogP contribution in [-0.2, 0) is 17.8 Å². The topological polar surface area (TPSA) is 98.7 Å². The number of pyridine rings is 2. The molecule has 0 aliphatic carbocycles. The van der Waals surface area contributed by atoms with Crippen molar-refractivity contribution in [3.63, 3.8) is 0 Å². The molecule has 0 saturated heterocycles. The first-order chi connectivity index (χ1) is 15.7. The van der Waals surface area contributed by atoms with Gasteiger partial charge in [0.1, 0.15) is 6.26 Å². The lowest BCUT2D eigenvalue weighted by atomic mass is 10.1. The Bertz CT molecular complexity index is 1390. The lowest BCUT2D eigenvalue weighted by Crippen LogP contribution is -2.24. The van der Waals surface area contributed by atoms with Crippen LogP contribution in [0.4, 0.5) is 0 Å². The van der Waals surface area contributed by atoms with Crippen LogP contribution in [0.3, 0.4) is 0 Å². The van der Waals surface area contributed by atoms with Gasteiger partial charge in [0, 0.05) is 29.4 Å². The van der Waals surface area contributed by atoms with Gasteiger partial charge in [-0.1, -0.05) is 12.1 Å². The van der Waals surface area contributed by atoms with Gasteiger partial charge in [0.25, 0.3) is 0 Å². The molecule has 0 bridgehead atoms. The van der Waals surface area contributed by atoms with Gasteiger partial charge >= 0.3 is 0 Å². The standard InChI is InChI=1S/C24H20N6O2/c1-16-9-21(5-6-25-16)30-22-15-27-20(11-19(22)14-29-30)12-23(31)28-13-17-3-2-4-18(10-17)24-26-7-8-32-24/h2-11,14-15H,12-13H2,1H3,(H,28,31). The highest BCUT2D eigenvalue weighted by Gasteiger charge is 2.10. The van der Waals surface area contributed by atoms with Crippen LogP contribution >= 0.6 is 0 Å². The lowest BCUT2D eigenvalue weighted by molar-refractivity contribution is -0.120. The molecule has 158 valence electrons. The van der Waals surface area contributed by atoms with Crippen LogP contribution < -0.4 is 5.32 Å². The third-order valence-electron chi connectivity index (χ3n) is 5.07. The van der Waals surface area contributed by atoms with Crippen molar-refractivity contribution in [3.05, 3.63) is 90.5 Å². The van der Waals surface area contributed by atoms with Crippen molar-refractivity contribution >= 4 is 16.8 Å². The maximum atomic E-state index is 12.5. The number of aromatic nitrogens is 5. The normalized spacial score (nSPS) is 11.0. The Balaban J connectivity index is 1.26. The zero-order chi connectivity index (χ0) is 21.9. The fourth-order valence-corrected chi connectivity index (χ4v) is 3.54. The van der Waals surface area contributed by atoms with Crippen LogP contribution in [0.15, 0.2) is 77.9 Å². The second kappa shape index (κ2) is 8.43. The molecule has 4 aromatic heterocycles. The zero-order valence-corrected chi connectivity index (χ0v) is 17.4. The molecule has 1 amide bonds. The number of carbonyl (C=O) groups is 1. The molecule has 0 radical (unpaired) electrons. The number of rotatable bonds is 6. The Hall–Kier alpha value is -4.33. The van der Waals surface area contributed by atoms with Crippen LogP contribution in [0.1, 0.15) is 17.0 Å². The molecule has 1 aromatic carbocycles. The van der Waals surface area contributed by atoms with Crippen LogP contribution in [0.2, 0.25) is 0 Å². The molecule has 8 nitrogen and oxygen atoms in total. The zero-order valence-electron chi connectivity index (χ0n) is 17.4. The van der Waals surface area contributed by atoms with Crippen LogP contribution in [-0.4, -0.2) is 30.6 Å². The summed E-state index contributed by atoms with van der Waals surface area (Å²) in [6.45, 7) is 2.35. The van der Waals surface area contributed by atoms with Crippen molar-refractivity contribution < 1.29 is 9.21 Å². The van der Waals surface area contributed by atoms with E-state index in [0.717, 1.165) is 33.4 Å². The third-order valence-corrected chi connectivity index (χ3v) is 5.07. The van der Waals surface area contributed by atoms with Gasteiger partial charge in [-0.2, -0.15) is 5.10 Å². The van der Waals surface area contributed by atoms with Crippen molar-refractivity contribution in [1.29, 1.82) is 0 Å². The minimum atomic E-state index is -0.101. The van der Waals surface area contributed by atoms with Crippen molar-refractivity contribution in [1.82, 2.24) is 30.0 Å². The Kier molecular flexibility index (Phi) is 5.17. The largest absolute Gasteiger partial charge is 0.445 e. The Morgan fingerprint density at radius 1 is 1.06 bits per heavy atom. The molecule has 4 heterocycles. The van der Waals surface area contributed by atoms with E-state index in [0.29, 0.717) is 18.1 Å². The van der Waals surface area contributed by atoms with E-state index in [1.807, 2.05) is 54.1 Å². The molecule has 0 fully saturated rings. The van der Waals surface area contributed by atoms with E-state index in [-0.39, 0.29) is 12.3 Å². The monoisotopic (exact) mass is 424 g/mol. The number of nitrogens with one attached hydrogen (secondary N) is 1. The summed E-state index contributed by atoms with van der Waals surface area (Å²) in [5, 5.41) is 8.34. The summed E-state index contributed by atoms with van der Waals surface area (Å²) in [4.78, 5) is 25.3. The predicted molar refractivity (Wildman–Crippen MR) is 119 cm³/mol. The molecule has 0 aliphatic heterocycles. The number of hydrogen-bond donors (Lipinski definition) is 1. The molecule has 0 spiro atoms. The van der Waals surface area contributed by atoms with Crippen molar-refractivity contribution in [2.24, 2.45) is 0 Å². The summed E-state index contributed by atoms with van der Waals surface area (Å²) in [6, 6.07) is 13.5. The van der Waals surface area contributed by atoms with Gasteiger partial charge < -0.3 is 9.73 Å². The molecule has 5 aromatic rings. The van der Waals surface area contributed by atoms with Gasteiger partial charge in [0.2, 0.25) is 11.8 Å². The molecule has 0 atom stereocenters. The molecule has 0 aliphatic rings. The molecule has 0 saturated carbocycles. The van der Waals surface area contributed by atoms with E-state index < -0.39 is 0 Å². The van der Waals surface area contributed by atoms with Crippen molar-refractivity contribution in [2.75, 3.05) is 0 Å². The summed E-state index contributed by atoms with van der Waals surface area (Å²) >= 11 is 0. The average molecular weight is 424 g/mol. The fourth-order valence-electron chi connectivity index (χ4n) is 3.54. The first-order valence-electron chi connectivity index (χ1n) is 10.2.